The van der Waals surface area contributed by atoms with Crippen LogP contribution in [0.1, 0.15) is 82.9 Å². The van der Waals surface area contributed by atoms with Crippen LogP contribution < -0.4 is 0 Å². The second-order valence-corrected chi connectivity index (χ2v) is 24.1. The molecule has 11 rings (SSSR count). The van der Waals surface area contributed by atoms with Crippen LogP contribution >= 0.6 is 0 Å². The van der Waals surface area contributed by atoms with Crippen LogP contribution in [0.4, 0.5) is 0 Å². The maximum Gasteiger partial charge on any atom is 0.338 e. The van der Waals surface area contributed by atoms with E-state index in [-0.39, 0.29) is 77.5 Å². The van der Waals surface area contributed by atoms with E-state index in [1.54, 1.807) is 133 Å². The van der Waals surface area contributed by atoms with Crippen molar-refractivity contribution in [1.82, 2.24) is 0 Å². The van der Waals surface area contributed by atoms with Crippen molar-refractivity contribution in [3.8, 4) is 6.07 Å². The first-order valence-electron chi connectivity index (χ1n) is 34.0. The zero-order valence-corrected chi connectivity index (χ0v) is 57.1. The smallest absolute Gasteiger partial charge is 0.338 e. The van der Waals surface area contributed by atoms with Crippen LogP contribution in [0, 0.1) is 11.3 Å². The van der Waals surface area contributed by atoms with Gasteiger partial charge in [0.05, 0.1) is 83.6 Å². The van der Waals surface area contributed by atoms with Crippen molar-refractivity contribution in [2.75, 3.05) is 52.9 Å². The summed E-state index contributed by atoms with van der Waals surface area (Å²) in [5.74, 6) is -7.96. The van der Waals surface area contributed by atoms with E-state index in [0.29, 0.717) is 0 Å². The van der Waals surface area contributed by atoms with Crippen molar-refractivity contribution in [1.29, 1.82) is 5.26 Å². The summed E-state index contributed by atoms with van der Waals surface area (Å²) in [4.78, 5) is 115. The Morgan fingerprint density at radius 2 is 0.589 bits per heavy atom. The maximum absolute atomic E-state index is 14.6. The Labute approximate surface area is 613 Å². The molecular weight excluding hydrogens is 1390 g/mol. The SMILES string of the molecule is N#CCOCCOCCO[C@H]1O[C@H](CO[C@H]2O[C@H](COC(=O)c3ccccc3)[C@@H](OC(=O)c3ccccc3)[C@H](OC(=O)c3ccccc3)[C@@H]2OC(=O)c2ccccc2)[C@@H](O)[C@H](O[C@H]2O[C@H](COC(=O)c3ccccc3)[C@@H](OC(=O)c3ccccc3)[C@H](OC(=O)c3ccccc3)[C@@H]2OC(=O)c2ccccc2)[C@@H]1O. The van der Waals surface area contributed by atoms with Gasteiger partial charge in [-0.25, -0.2) is 38.4 Å². The lowest BCUT2D eigenvalue weighted by atomic mass is 9.95. The van der Waals surface area contributed by atoms with Gasteiger partial charge in [-0.05, 0) is 97.1 Å². The van der Waals surface area contributed by atoms with Crippen LogP contribution in [0.2, 0.25) is 0 Å². The summed E-state index contributed by atoms with van der Waals surface area (Å²) >= 11 is 0. The highest BCUT2D eigenvalue weighted by atomic mass is 16.8. The molecule has 107 heavy (non-hydrogen) atoms. The van der Waals surface area contributed by atoms with Crippen LogP contribution in [-0.4, -0.2) is 203 Å². The van der Waals surface area contributed by atoms with Crippen molar-refractivity contribution in [3.63, 3.8) is 0 Å². The summed E-state index contributed by atoms with van der Waals surface area (Å²) in [6.07, 6.45) is -29.2. The molecular formula is C80H73NO26. The number of esters is 8. The maximum atomic E-state index is 14.6. The Balaban J connectivity index is 0.986. The largest absolute Gasteiger partial charge is 0.459 e. The molecule has 15 atom stereocenters. The quantitative estimate of drug-likeness (QED) is 0.0236. The van der Waals surface area contributed by atoms with Gasteiger partial charge < -0.3 is 86.0 Å². The number of nitriles is 1. The van der Waals surface area contributed by atoms with Crippen molar-refractivity contribution >= 4 is 47.8 Å². The molecule has 8 aromatic rings. The van der Waals surface area contributed by atoms with Crippen LogP contribution in [0.25, 0.3) is 0 Å². The highest BCUT2D eigenvalue weighted by molar-refractivity contribution is 5.93. The molecule has 27 nitrogen and oxygen atoms in total. The molecule has 0 aromatic heterocycles. The molecule has 0 amide bonds. The molecule has 3 fully saturated rings. The molecule has 0 saturated carbocycles. The summed E-state index contributed by atoms with van der Waals surface area (Å²) in [6, 6.07) is 63.0. The molecule has 8 aromatic carbocycles. The fraction of sp³-hybridized carbons (Fsp3) is 0.287. The average molecular weight is 1460 g/mol. The third-order valence-corrected chi connectivity index (χ3v) is 16.9. The van der Waals surface area contributed by atoms with Gasteiger partial charge >= 0.3 is 47.8 Å². The molecule has 27 heteroatoms. The molecule has 0 bridgehead atoms. The summed E-state index contributed by atoms with van der Waals surface area (Å²) in [6.45, 7) is -3.24. The molecule has 0 spiro atoms. The van der Waals surface area contributed by atoms with Crippen molar-refractivity contribution in [2.45, 2.75) is 92.1 Å². The van der Waals surface area contributed by atoms with E-state index in [9.17, 15) is 48.6 Å². The number of carbonyl (C=O) groups is 8. The standard InChI is InChI=1S/C80H73NO26/c81-41-42-92-43-44-93-45-46-94-78-62(83)65(107-80-69(106-77(91)57-39-23-8-24-40-57)67(104-75(89)55-35-19-6-20-36-55)64(102-73(87)53-31-15-4-16-32-53)60(100-80)49-96-71(85)51-27-11-2-12-28-51)61(82)58(98-78)47-97-79-68(105-76(90)56-37-21-7-22-38-56)66(103-74(88)54-33-17-5-18-34-54)63(101-72(86)52-29-13-3-14-30-52)59(99-79)48-95-70(84)50-25-9-1-10-26-50/h1-40,58-69,78-80,82-83H,42-49H2/t58-,59-,60-,61-,62+,63-,64-,65+,66+,67+,68+,69+,78+,79+,80-/m1/s1. The summed E-state index contributed by atoms with van der Waals surface area (Å²) in [5, 5.41) is 34.6. The fourth-order valence-corrected chi connectivity index (χ4v) is 11.5. The molecule has 0 radical (unpaired) electrons. The Morgan fingerprint density at radius 1 is 0.299 bits per heavy atom. The third kappa shape index (κ3) is 20.8. The number of ether oxygens (including phenoxy) is 16. The lowest BCUT2D eigenvalue weighted by Crippen LogP contribution is -2.67. The number of aliphatic hydroxyl groups excluding tert-OH is 2. The van der Waals surface area contributed by atoms with Gasteiger partial charge in [-0.1, -0.05) is 146 Å². The van der Waals surface area contributed by atoms with Gasteiger partial charge in [-0.3, -0.25) is 0 Å². The highest BCUT2D eigenvalue weighted by Gasteiger charge is 2.58. The zero-order valence-electron chi connectivity index (χ0n) is 57.1. The summed E-state index contributed by atoms with van der Waals surface area (Å²) < 4.78 is 99.2. The van der Waals surface area contributed by atoms with Gasteiger partial charge in [-0.15, -0.1) is 0 Å². The Kier molecular flexibility index (Phi) is 27.7. The van der Waals surface area contributed by atoms with E-state index in [4.69, 9.17) is 81.1 Å². The molecule has 3 heterocycles. The minimum atomic E-state index is -2.16. The summed E-state index contributed by atoms with van der Waals surface area (Å²) in [7, 11) is 0. The second kappa shape index (κ2) is 38.6. The molecule has 3 aliphatic heterocycles. The summed E-state index contributed by atoms with van der Waals surface area (Å²) in [5.41, 5.74) is 0.0621. The highest BCUT2D eigenvalue weighted by Crippen LogP contribution is 2.37. The Bertz CT molecular complexity index is 4240. The van der Waals surface area contributed by atoms with Gasteiger partial charge in [-0.2, -0.15) is 5.26 Å². The molecule has 3 saturated heterocycles. The zero-order chi connectivity index (χ0) is 74.9. The predicted octanol–water partition coefficient (Wildman–Crippen LogP) is 7.93. The number of nitrogens with zero attached hydrogens (tertiary/aromatic N) is 1. The number of hydrogen-bond donors (Lipinski definition) is 2. The van der Waals surface area contributed by atoms with E-state index in [0.717, 1.165) is 0 Å². The number of carbonyl (C=O) groups excluding carboxylic acids is 8. The number of hydrogen-bond acceptors (Lipinski definition) is 27. The van der Waals surface area contributed by atoms with Gasteiger partial charge in [0.1, 0.15) is 56.4 Å². The van der Waals surface area contributed by atoms with E-state index in [2.05, 4.69) is 0 Å². The molecule has 0 unspecified atom stereocenters. The fourth-order valence-electron chi connectivity index (χ4n) is 11.5. The monoisotopic (exact) mass is 1460 g/mol. The average Bonchev–Trinajstić information content (AvgIpc) is 0.771. The third-order valence-electron chi connectivity index (χ3n) is 16.9. The van der Waals surface area contributed by atoms with E-state index in [1.807, 2.05) is 6.07 Å². The normalized spacial score (nSPS) is 23.8. The molecule has 554 valence electrons. The topological polar surface area (TPSA) is 348 Å². The van der Waals surface area contributed by atoms with Gasteiger partial charge in [0, 0.05) is 0 Å². The van der Waals surface area contributed by atoms with Crippen LogP contribution in [0.3, 0.4) is 0 Å². The van der Waals surface area contributed by atoms with Crippen LogP contribution in [-0.2, 0) is 75.8 Å². The van der Waals surface area contributed by atoms with E-state index in [1.165, 1.54) is 109 Å². The first-order valence-corrected chi connectivity index (χ1v) is 34.0. The minimum absolute atomic E-state index is 0.00120. The van der Waals surface area contributed by atoms with Crippen molar-refractivity contribution in [3.05, 3.63) is 287 Å². The van der Waals surface area contributed by atoms with Crippen LogP contribution in [0.5, 0.6) is 0 Å². The minimum Gasteiger partial charge on any atom is -0.459 e. The lowest BCUT2D eigenvalue weighted by Gasteiger charge is -2.48. The lowest BCUT2D eigenvalue weighted by molar-refractivity contribution is -0.364. The molecule has 2 N–H and O–H groups in total. The second-order valence-electron chi connectivity index (χ2n) is 24.1. The van der Waals surface area contributed by atoms with Crippen molar-refractivity contribution in [2.24, 2.45) is 0 Å². The predicted molar refractivity (Wildman–Crippen MR) is 369 cm³/mol. The van der Waals surface area contributed by atoms with E-state index >= 15 is 0 Å². The number of rotatable bonds is 31. The van der Waals surface area contributed by atoms with Gasteiger partial charge in [0.15, 0.2) is 55.5 Å². The first kappa shape index (κ1) is 76.7. The Hall–Kier alpha value is -11.4. The number of benzene rings is 8. The number of aliphatic hydroxyl groups is 2. The van der Waals surface area contributed by atoms with Gasteiger partial charge in [0.2, 0.25) is 0 Å². The van der Waals surface area contributed by atoms with Crippen molar-refractivity contribution < 1.29 is 124 Å². The van der Waals surface area contributed by atoms with Gasteiger partial charge in [0.25, 0.3) is 0 Å². The van der Waals surface area contributed by atoms with E-state index < -0.39 is 160 Å². The molecule has 0 aliphatic carbocycles. The first-order chi connectivity index (χ1) is 52.2. The van der Waals surface area contributed by atoms with Crippen LogP contribution in [0.15, 0.2) is 243 Å². The molecule has 3 aliphatic rings. The Morgan fingerprint density at radius 3 is 0.944 bits per heavy atom.